The summed E-state index contributed by atoms with van der Waals surface area (Å²) in [5, 5.41) is 5.39. The highest BCUT2D eigenvalue weighted by molar-refractivity contribution is 7.09. The van der Waals surface area contributed by atoms with Crippen LogP contribution in [0.1, 0.15) is 24.3 Å². The second-order valence-corrected chi connectivity index (χ2v) is 5.33. The first-order valence-electron chi connectivity index (χ1n) is 6.59. The minimum Gasteiger partial charge on any atom is -0.370 e. The highest BCUT2D eigenvalue weighted by Gasteiger charge is 2.13. The molecule has 2 aromatic rings. The smallest absolute Gasteiger partial charge is 0.137 e. The topological polar surface area (TPSA) is 41.1 Å². The van der Waals surface area contributed by atoms with Crippen LogP contribution in [0.3, 0.4) is 0 Å². The van der Waals surface area contributed by atoms with Gasteiger partial charge in [0.25, 0.3) is 0 Å². The molecule has 0 saturated carbocycles. The van der Waals surface area contributed by atoms with Crippen LogP contribution in [-0.4, -0.2) is 23.1 Å². The van der Waals surface area contributed by atoms with Gasteiger partial charge >= 0.3 is 0 Å². The van der Waals surface area contributed by atoms with Crippen molar-refractivity contribution in [3.8, 4) is 0 Å². The van der Waals surface area contributed by atoms with Crippen molar-refractivity contribution >= 4 is 23.0 Å². The van der Waals surface area contributed by atoms with Gasteiger partial charge in [-0.05, 0) is 32.2 Å². The number of nitrogens with zero attached hydrogens (tertiary/aromatic N) is 3. The average molecular weight is 276 g/mol. The Balaban J connectivity index is 2.25. The van der Waals surface area contributed by atoms with Crippen molar-refractivity contribution in [2.75, 3.05) is 23.3 Å². The first kappa shape index (κ1) is 13.8. The summed E-state index contributed by atoms with van der Waals surface area (Å²) in [7, 11) is 0. The highest BCUT2D eigenvalue weighted by atomic mass is 32.1. The molecule has 2 heterocycles. The normalized spacial score (nSPS) is 10.5. The SMILES string of the molecule is CCNc1ncnc(N(CC)Cc2cccs2)c1C. The van der Waals surface area contributed by atoms with Crippen LogP contribution < -0.4 is 10.2 Å². The molecule has 2 rings (SSSR count). The summed E-state index contributed by atoms with van der Waals surface area (Å²) in [5.74, 6) is 1.94. The number of thiophene rings is 1. The number of hydrogen-bond donors (Lipinski definition) is 1. The fourth-order valence-electron chi connectivity index (χ4n) is 2.03. The maximum absolute atomic E-state index is 4.45. The van der Waals surface area contributed by atoms with E-state index in [1.807, 2.05) is 0 Å². The van der Waals surface area contributed by atoms with Gasteiger partial charge in [-0.25, -0.2) is 9.97 Å². The molecule has 2 aromatic heterocycles. The quantitative estimate of drug-likeness (QED) is 0.879. The van der Waals surface area contributed by atoms with E-state index in [4.69, 9.17) is 0 Å². The molecule has 19 heavy (non-hydrogen) atoms. The Morgan fingerprint density at radius 3 is 2.79 bits per heavy atom. The van der Waals surface area contributed by atoms with E-state index >= 15 is 0 Å². The summed E-state index contributed by atoms with van der Waals surface area (Å²) in [5.41, 5.74) is 1.11. The Morgan fingerprint density at radius 2 is 2.16 bits per heavy atom. The van der Waals surface area contributed by atoms with E-state index in [1.165, 1.54) is 4.88 Å². The lowest BCUT2D eigenvalue weighted by atomic mass is 10.2. The van der Waals surface area contributed by atoms with Gasteiger partial charge in [0.15, 0.2) is 0 Å². The van der Waals surface area contributed by atoms with Crippen LogP contribution in [0.2, 0.25) is 0 Å². The highest BCUT2D eigenvalue weighted by Crippen LogP contribution is 2.24. The van der Waals surface area contributed by atoms with E-state index in [0.29, 0.717) is 0 Å². The van der Waals surface area contributed by atoms with E-state index in [0.717, 1.165) is 36.8 Å². The molecule has 0 aliphatic carbocycles. The predicted molar refractivity (Wildman–Crippen MR) is 82.0 cm³/mol. The summed E-state index contributed by atoms with van der Waals surface area (Å²) < 4.78 is 0. The Bertz CT molecular complexity index is 510. The van der Waals surface area contributed by atoms with Crippen LogP contribution in [0, 0.1) is 6.92 Å². The molecular weight excluding hydrogens is 256 g/mol. The molecule has 5 heteroatoms. The molecule has 0 aromatic carbocycles. The third-order valence-corrected chi connectivity index (χ3v) is 3.87. The molecule has 0 aliphatic rings. The summed E-state index contributed by atoms with van der Waals surface area (Å²) in [6.07, 6.45) is 1.64. The predicted octanol–water partition coefficient (Wildman–Crippen LogP) is 3.30. The minimum atomic E-state index is 0.869. The number of rotatable bonds is 6. The lowest BCUT2D eigenvalue weighted by Crippen LogP contribution is -2.24. The minimum absolute atomic E-state index is 0.869. The molecule has 4 nitrogen and oxygen atoms in total. The fraction of sp³-hybridized carbons (Fsp3) is 0.429. The van der Waals surface area contributed by atoms with Gasteiger partial charge in [0.05, 0.1) is 6.54 Å². The van der Waals surface area contributed by atoms with Crippen molar-refractivity contribution in [3.05, 3.63) is 34.3 Å². The van der Waals surface area contributed by atoms with Gasteiger partial charge in [0, 0.05) is 23.5 Å². The molecule has 0 fully saturated rings. The third kappa shape index (κ3) is 3.23. The van der Waals surface area contributed by atoms with Gasteiger partial charge < -0.3 is 10.2 Å². The van der Waals surface area contributed by atoms with Gasteiger partial charge in [0.1, 0.15) is 18.0 Å². The lowest BCUT2D eigenvalue weighted by molar-refractivity contribution is 0.813. The van der Waals surface area contributed by atoms with Crippen LogP contribution in [0.25, 0.3) is 0 Å². The zero-order chi connectivity index (χ0) is 13.7. The van der Waals surface area contributed by atoms with Crippen molar-refractivity contribution in [2.24, 2.45) is 0 Å². The molecule has 0 atom stereocenters. The summed E-state index contributed by atoms with van der Waals surface area (Å²) >= 11 is 1.78. The maximum atomic E-state index is 4.45. The Hall–Kier alpha value is -1.62. The second-order valence-electron chi connectivity index (χ2n) is 4.29. The Morgan fingerprint density at radius 1 is 1.32 bits per heavy atom. The van der Waals surface area contributed by atoms with Gasteiger partial charge in [-0.15, -0.1) is 11.3 Å². The largest absolute Gasteiger partial charge is 0.370 e. The maximum Gasteiger partial charge on any atom is 0.137 e. The number of anilines is 2. The van der Waals surface area contributed by atoms with Crippen molar-refractivity contribution in [1.29, 1.82) is 0 Å². The Labute approximate surface area is 118 Å². The molecule has 1 N–H and O–H groups in total. The molecular formula is C14H20N4S. The van der Waals surface area contributed by atoms with E-state index < -0.39 is 0 Å². The Kier molecular flexibility index (Phi) is 4.74. The number of hydrogen-bond acceptors (Lipinski definition) is 5. The van der Waals surface area contributed by atoms with E-state index in [-0.39, 0.29) is 0 Å². The first-order chi connectivity index (χ1) is 9.26. The van der Waals surface area contributed by atoms with Crippen LogP contribution in [-0.2, 0) is 6.54 Å². The molecule has 0 spiro atoms. The monoisotopic (exact) mass is 276 g/mol. The van der Waals surface area contributed by atoms with Crippen LogP contribution in [0.15, 0.2) is 23.8 Å². The fourth-order valence-corrected chi connectivity index (χ4v) is 2.75. The lowest BCUT2D eigenvalue weighted by Gasteiger charge is -2.23. The van der Waals surface area contributed by atoms with Crippen LogP contribution in [0.4, 0.5) is 11.6 Å². The molecule has 102 valence electrons. The third-order valence-electron chi connectivity index (χ3n) is 3.01. The zero-order valence-electron chi connectivity index (χ0n) is 11.7. The summed E-state index contributed by atoms with van der Waals surface area (Å²) in [6, 6.07) is 4.25. The van der Waals surface area contributed by atoms with Gasteiger partial charge in [-0.3, -0.25) is 0 Å². The van der Waals surface area contributed by atoms with E-state index in [1.54, 1.807) is 17.7 Å². The van der Waals surface area contributed by atoms with Crippen molar-refractivity contribution in [3.63, 3.8) is 0 Å². The average Bonchev–Trinajstić information content (AvgIpc) is 2.92. The molecule has 0 unspecified atom stereocenters. The van der Waals surface area contributed by atoms with Crippen molar-refractivity contribution in [2.45, 2.75) is 27.3 Å². The number of aromatic nitrogens is 2. The van der Waals surface area contributed by atoms with Crippen LogP contribution in [0.5, 0.6) is 0 Å². The number of nitrogens with one attached hydrogen (secondary N) is 1. The van der Waals surface area contributed by atoms with Crippen molar-refractivity contribution in [1.82, 2.24) is 9.97 Å². The van der Waals surface area contributed by atoms with Crippen LogP contribution >= 0.6 is 11.3 Å². The second kappa shape index (κ2) is 6.52. The zero-order valence-corrected chi connectivity index (χ0v) is 12.5. The molecule has 0 aliphatic heterocycles. The van der Waals surface area contributed by atoms with E-state index in [2.05, 4.69) is 58.5 Å². The van der Waals surface area contributed by atoms with Gasteiger partial charge in [-0.1, -0.05) is 6.07 Å². The molecule has 0 amide bonds. The molecule has 0 saturated heterocycles. The van der Waals surface area contributed by atoms with Gasteiger partial charge in [-0.2, -0.15) is 0 Å². The van der Waals surface area contributed by atoms with E-state index in [9.17, 15) is 0 Å². The standard InChI is InChI=1S/C14H20N4S/c1-4-15-13-11(3)14(17-10-16-13)18(5-2)9-12-7-6-8-19-12/h6-8,10H,4-5,9H2,1-3H3,(H,15,16,17). The van der Waals surface area contributed by atoms with Crippen molar-refractivity contribution < 1.29 is 0 Å². The summed E-state index contributed by atoms with van der Waals surface area (Å²) in [6.45, 7) is 9.00. The molecule has 0 radical (unpaired) electrons. The molecule has 0 bridgehead atoms. The van der Waals surface area contributed by atoms with Gasteiger partial charge in [0.2, 0.25) is 0 Å². The first-order valence-corrected chi connectivity index (χ1v) is 7.47. The summed E-state index contributed by atoms with van der Waals surface area (Å²) in [4.78, 5) is 12.4.